The van der Waals surface area contributed by atoms with Crippen molar-refractivity contribution in [3.8, 4) is 11.3 Å². The summed E-state index contributed by atoms with van der Waals surface area (Å²) in [5, 5.41) is 5.63. The van der Waals surface area contributed by atoms with Crippen molar-refractivity contribution < 1.29 is 13.2 Å². The molecule has 2 aromatic carbocycles. The Hall–Kier alpha value is -2.55. The lowest BCUT2D eigenvalue weighted by atomic mass is 10.0. The molecular weight excluding hydrogens is 390 g/mol. The molecule has 152 valence electrons. The molecule has 3 aromatic rings. The molecule has 0 radical (unpaired) electrons. The molecular formula is C21H23N3O4S. The Morgan fingerprint density at radius 3 is 2.69 bits per heavy atom. The molecule has 29 heavy (non-hydrogen) atoms. The highest BCUT2D eigenvalue weighted by Gasteiger charge is 2.22. The maximum Gasteiger partial charge on any atom is 0.274 e. The quantitative estimate of drug-likeness (QED) is 0.694. The predicted octanol–water partition coefficient (Wildman–Crippen LogP) is 2.37. The number of hydrogen-bond donors (Lipinski definition) is 1. The zero-order valence-corrected chi connectivity index (χ0v) is 17.2. The van der Waals surface area contributed by atoms with Crippen molar-refractivity contribution in [3.05, 3.63) is 58.4 Å². The summed E-state index contributed by atoms with van der Waals surface area (Å²) in [6, 6.07) is 12.4. The van der Waals surface area contributed by atoms with E-state index in [1.165, 1.54) is 4.68 Å². The second-order valence-corrected chi connectivity index (χ2v) is 9.03. The van der Waals surface area contributed by atoms with Crippen LogP contribution in [0.2, 0.25) is 0 Å². The van der Waals surface area contributed by atoms with Crippen LogP contribution in [0.1, 0.15) is 18.4 Å². The number of fused-ring (bicyclic) bond motifs is 1. The second kappa shape index (κ2) is 7.70. The van der Waals surface area contributed by atoms with Crippen LogP contribution in [0.3, 0.4) is 0 Å². The predicted molar refractivity (Wildman–Crippen MR) is 111 cm³/mol. The Morgan fingerprint density at radius 1 is 1.21 bits per heavy atom. The molecule has 0 spiro atoms. The van der Waals surface area contributed by atoms with Gasteiger partial charge in [-0.05, 0) is 37.5 Å². The summed E-state index contributed by atoms with van der Waals surface area (Å²) in [6.07, 6.45) is 1.73. The van der Waals surface area contributed by atoms with Gasteiger partial charge in [0.2, 0.25) is 10.0 Å². The van der Waals surface area contributed by atoms with E-state index in [1.807, 2.05) is 18.2 Å². The van der Waals surface area contributed by atoms with E-state index in [0.29, 0.717) is 34.2 Å². The first-order valence-electron chi connectivity index (χ1n) is 9.55. The molecule has 1 aromatic heterocycles. The number of nitrogens with one attached hydrogen (secondary N) is 1. The topological polar surface area (TPSA) is 90.3 Å². The van der Waals surface area contributed by atoms with Crippen LogP contribution in [0, 0.1) is 6.92 Å². The first kappa shape index (κ1) is 19.8. The number of ether oxygens (including phenoxy) is 1. The number of sulfonamides is 1. The summed E-state index contributed by atoms with van der Waals surface area (Å²) in [5.74, 6) is 0. The zero-order chi connectivity index (χ0) is 20.6. The van der Waals surface area contributed by atoms with Gasteiger partial charge < -0.3 is 4.74 Å². The Morgan fingerprint density at radius 2 is 1.97 bits per heavy atom. The number of benzene rings is 2. The maximum absolute atomic E-state index is 12.9. The van der Waals surface area contributed by atoms with E-state index >= 15 is 0 Å². The average molecular weight is 413 g/mol. The first-order valence-corrected chi connectivity index (χ1v) is 11.0. The number of hydrogen-bond acceptors (Lipinski definition) is 5. The molecule has 0 saturated carbocycles. The monoisotopic (exact) mass is 413 g/mol. The SMILES string of the molecule is Cc1ccc(-c2nn(C)c(=O)c3ccccc23)cc1S(=O)(=O)NC[C@H]1CCCO1. The van der Waals surface area contributed by atoms with Gasteiger partial charge in [-0.1, -0.05) is 30.3 Å². The Kier molecular flexibility index (Phi) is 5.24. The molecule has 1 fully saturated rings. The van der Waals surface area contributed by atoms with Crippen molar-refractivity contribution in [1.29, 1.82) is 0 Å². The molecule has 1 N–H and O–H groups in total. The van der Waals surface area contributed by atoms with Crippen molar-refractivity contribution in [1.82, 2.24) is 14.5 Å². The van der Waals surface area contributed by atoms with E-state index in [-0.39, 0.29) is 23.1 Å². The highest BCUT2D eigenvalue weighted by molar-refractivity contribution is 7.89. The molecule has 7 nitrogen and oxygen atoms in total. The lowest BCUT2D eigenvalue weighted by molar-refractivity contribution is 0.114. The van der Waals surface area contributed by atoms with Gasteiger partial charge in [-0.3, -0.25) is 4.79 Å². The number of rotatable bonds is 5. The van der Waals surface area contributed by atoms with Gasteiger partial charge in [0.15, 0.2) is 0 Å². The van der Waals surface area contributed by atoms with Gasteiger partial charge in [-0.2, -0.15) is 5.10 Å². The molecule has 1 aliphatic rings. The highest BCUT2D eigenvalue weighted by Crippen LogP contribution is 2.28. The van der Waals surface area contributed by atoms with Crippen LogP contribution in [-0.2, 0) is 21.8 Å². The average Bonchev–Trinajstić information content (AvgIpc) is 3.23. The maximum atomic E-state index is 12.9. The third kappa shape index (κ3) is 3.83. The Labute approximate surface area is 169 Å². The van der Waals surface area contributed by atoms with E-state index in [9.17, 15) is 13.2 Å². The molecule has 1 aliphatic heterocycles. The van der Waals surface area contributed by atoms with Crippen molar-refractivity contribution in [2.45, 2.75) is 30.8 Å². The molecule has 0 aliphatic carbocycles. The summed E-state index contributed by atoms with van der Waals surface area (Å²) in [7, 11) is -2.12. The van der Waals surface area contributed by atoms with Gasteiger partial charge in [0.05, 0.1) is 22.1 Å². The minimum absolute atomic E-state index is 0.0810. The van der Waals surface area contributed by atoms with Crippen LogP contribution in [-0.4, -0.2) is 37.5 Å². The summed E-state index contributed by atoms with van der Waals surface area (Å²) in [5.41, 5.74) is 1.66. The summed E-state index contributed by atoms with van der Waals surface area (Å²) >= 11 is 0. The van der Waals surface area contributed by atoms with E-state index in [0.717, 1.165) is 12.8 Å². The van der Waals surface area contributed by atoms with Crippen LogP contribution < -0.4 is 10.3 Å². The van der Waals surface area contributed by atoms with Gasteiger partial charge in [-0.25, -0.2) is 17.8 Å². The minimum Gasteiger partial charge on any atom is -0.377 e. The first-order chi connectivity index (χ1) is 13.9. The van der Waals surface area contributed by atoms with Crippen LogP contribution in [0.25, 0.3) is 22.0 Å². The fourth-order valence-corrected chi connectivity index (χ4v) is 4.97. The van der Waals surface area contributed by atoms with Crippen molar-refractivity contribution >= 4 is 20.8 Å². The third-order valence-electron chi connectivity index (χ3n) is 5.23. The minimum atomic E-state index is -3.71. The van der Waals surface area contributed by atoms with E-state index < -0.39 is 10.0 Å². The van der Waals surface area contributed by atoms with Gasteiger partial charge in [-0.15, -0.1) is 0 Å². The van der Waals surface area contributed by atoms with Gasteiger partial charge >= 0.3 is 0 Å². The fourth-order valence-electron chi connectivity index (χ4n) is 3.64. The van der Waals surface area contributed by atoms with Gasteiger partial charge in [0.25, 0.3) is 5.56 Å². The molecule has 2 heterocycles. The standard InChI is InChI=1S/C21H23N3O4S/c1-14-9-10-15(12-19(14)29(26,27)22-13-16-6-5-11-28-16)20-17-7-3-4-8-18(17)21(25)24(2)23-20/h3-4,7-10,12,16,22H,5-6,11,13H2,1-2H3/t16-/m1/s1. The number of aromatic nitrogens is 2. The van der Waals surface area contributed by atoms with Crippen molar-refractivity contribution in [3.63, 3.8) is 0 Å². The van der Waals surface area contributed by atoms with Gasteiger partial charge in [0.1, 0.15) is 0 Å². The largest absolute Gasteiger partial charge is 0.377 e. The molecule has 1 atom stereocenters. The number of aryl methyl sites for hydroxylation is 2. The lowest BCUT2D eigenvalue weighted by Crippen LogP contribution is -2.32. The van der Waals surface area contributed by atoms with Gasteiger partial charge in [0, 0.05) is 31.1 Å². The van der Waals surface area contributed by atoms with Crippen molar-refractivity contribution in [2.24, 2.45) is 7.05 Å². The van der Waals surface area contributed by atoms with Crippen molar-refractivity contribution in [2.75, 3.05) is 13.2 Å². The second-order valence-electron chi connectivity index (χ2n) is 7.29. The summed E-state index contributed by atoms with van der Waals surface area (Å²) in [4.78, 5) is 12.6. The molecule has 1 saturated heterocycles. The molecule has 0 unspecified atom stereocenters. The van der Waals surface area contributed by atoms with E-state index in [2.05, 4.69) is 9.82 Å². The molecule has 0 amide bonds. The van der Waals surface area contributed by atoms with Crippen LogP contribution >= 0.6 is 0 Å². The normalized spacial score (nSPS) is 17.1. The third-order valence-corrected chi connectivity index (χ3v) is 6.80. The summed E-state index contributed by atoms with van der Waals surface area (Å²) < 4.78 is 35.3. The van der Waals surface area contributed by atoms with E-state index in [4.69, 9.17) is 4.74 Å². The Bertz CT molecular complexity index is 1230. The molecule has 4 rings (SSSR count). The highest BCUT2D eigenvalue weighted by atomic mass is 32.2. The van der Waals surface area contributed by atoms with Crippen LogP contribution in [0.4, 0.5) is 0 Å². The molecule has 0 bridgehead atoms. The number of nitrogens with zero attached hydrogens (tertiary/aromatic N) is 2. The lowest BCUT2D eigenvalue weighted by Gasteiger charge is -2.14. The molecule has 8 heteroatoms. The summed E-state index contributed by atoms with van der Waals surface area (Å²) in [6.45, 7) is 2.69. The van der Waals surface area contributed by atoms with Crippen LogP contribution in [0.15, 0.2) is 52.2 Å². The van der Waals surface area contributed by atoms with E-state index in [1.54, 1.807) is 38.2 Å². The fraction of sp³-hybridized carbons (Fsp3) is 0.333. The Balaban J connectivity index is 1.77. The van der Waals surface area contributed by atoms with Crippen LogP contribution in [0.5, 0.6) is 0 Å². The smallest absolute Gasteiger partial charge is 0.274 e. The zero-order valence-electron chi connectivity index (χ0n) is 16.4.